The van der Waals surface area contributed by atoms with E-state index in [9.17, 15) is 13.2 Å². The molecule has 0 bridgehead atoms. The zero-order chi connectivity index (χ0) is 15.6. The van der Waals surface area contributed by atoms with Gasteiger partial charge in [0.1, 0.15) is 9.09 Å². The normalized spacial score (nSPS) is 11.5. The second kappa shape index (κ2) is 6.27. The van der Waals surface area contributed by atoms with Crippen LogP contribution in [0.25, 0.3) is 0 Å². The van der Waals surface area contributed by atoms with Gasteiger partial charge < -0.3 is 5.11 Å². The van der Waals surface area contributed by atoms with Gasteiger partial charge in [0, 0.05) is 11.0 Å². The summed E-state index contributed by atoms with van der Waals surface area (Å²) in [7, 11) is -3.72. The average Bonchev–Trinajstić information content (AvgIpc) is 2.80. The van der Waals surface area contributed by atoms with Crippen LogP contribution in [0.15, 0.2) is 39.0 Å². The standard InChI is InChI=1S/C13H12BrNO4S2/c1-8-5-11(20-12(8)13(16)17)21(18,19)15-7-9-3-2-4-10(14)6-9/h2-6,15H,7H2,1H3,(H,16,17). The van der Waals surface area contributed by atoms with Gasteiger partial charge in [-0.25, -0.2) is 17.9 Å². The number of carboxylic acid groups (broad SMARTS) is 1. The SMILES string of the molecule is Cc1cc(S(=O)(=O)NCc2cccc(Br)c2)sc1C(=O)O. The number of thiophene rings is 1. The molecule has 0 spiro atoms. The van der Waals surface area contributed by atoms with Crippen molar-refractivity contribution in [2.24, 2.45) is 0 Å². The lowest BCUT2D eigenvalue weighted by Crippen LogP contribution is -2.22. The number of halogens is 1. The lowest BCUT2D eigenvalue weighted by molar-refractivity contribution is 0.0701. The van der Waals surface area contributed by atoms with Gasteiger partial charge in [-0.1, -0.05) is 28.1 Å². The van der Waals surface area contributed by atoms with Crippen LogP contribution < -0.4 is 4.72 Å². The molecule has 0 aliphatic rings. The minimum atomic E-state index is -3.72. The number of benzene rings is 1. The van der Waals surface area contributed by atoms with Crippen molar-refractivity contribution in [2.75, 3.05) is 0 Å². The zero-order valence-corrected chi connectivity index (χ0v) is 14.2. The van der Waals surface area contributed by atoms with E-state index < -0.39 is 16.0 Å². The third kappa shape index (κ3) is 3.91. The summed E-state index contributed by atoms with van der Waals surface area (Å²) in [4.78, 5) is 11.0. The smallest absolute Gasteiger partial charge is 0.346 e. The van der Waals surface area contributed by atoms with Crippen LogP contribution >= 0.6 is 27.3 Å². The van der Waals surface area contributed by atoms with Gasteiger partial charge in [-0.05, 0) is 36.2 Å². The van der Waals surface area contributed by atoms with Crippen LogP contribution in [0.4, 0.5) is 0 Å². The summed E-state index contributed by atoms with van der Waals surface area (Å²) >= 11 is 4.07. The average molecular weight is 390 g/mol. The maximum atomic E-state index is 12.2. The Hall–Kier alpha value is -1.22. The maximum Gasteiger partial charge on any atom is 0.346 e. The minimum Gasteiger partial charge on any atom is -0.477 e. The largest absolute Gasteiger partial charge is 0.477 e. The molecule has 5 nitrogen and oxygen atoms in total. The van der Waals surface area contributed by atoms with Gasteiger partial charge >= 0.3 is 5.97 Å². The first kappa shape index (κ1) is 16.2. The lowest BCUT2D eigenvalue weighted by Gasteiger charge is -2.05. The number of aryl methyl sites for hydroxylation is 1. The van der Waals surface area contributed by atoms with Gasteiger partial charge in [-0.2, -0.15) is 0 Å². The molecule has 8 heteroatoms. The number of hydrogen-bond acceptors (Lipinski definition) is 4. The van der Waals surface area contributed by atoms with Gasteiger partial charge in [0.25, 0.3) is 0 Å². The third-order valence-electron chi connectivity index (χ3n) is 2.71. The quantitative estimate of drug-likeness (QED) is 0.822. The fraction of sp³-hybridized carbons (Fsp3) is 0.154. The molecule has 2 N–H and O–H groups in total. The van der Waals surface area contributed by atoms with Gasteiger partial charge in [-0.15, -0.1) is 11.3 Å². The number of carboxylic acids is 1. The molecule has 1 heterocycles. The van der Waals surface area contributed by atoms with Crippen molar-refractivity contribution in [3.8, 4) is 0 Å². The Balaban J connectivity index is 2.19. The lowest BCUT2D eigenvalue weighted by atomic mass is 10.2. The summed E-state index contributed by atoms with van der Waals surface area (Å²) in [6.07, 6.45) is 0. The van der Waals surface area contributed by atoms with E-state index in [-0.39, 0.29) is 15.6 Å². The molecule has 0 atom stereocenters. The Morgan fingerprint density at radius 2 is 2.10 bits per heavy atom. The maximum absolute atomic E-state index is 12.2. The summed E-state index contributed by atoms with van der Waals surface area (Å²) in [6.45, 7) is 1.72. The molecule has 0 aliphatic carbocycles. The van der Waals surface area contributed by atoms with Crippen LogP contribution in [-0.2, 0) is 16.6 Å². The van der Waals surface area contributed by atoms with Gasteiger partial charge in [0.2, 0.25) is 10.0 Å². The molecule has 112 valence electrons. The van der Waals surface area contributed by atoms with Crippen molar-refractivity contribution >= 4 is 43.3 Å². The molecular weight excluding hydrogens is 378 g/mol. The highest BCUT2D eigenvalue weighted by Crippen LogP contribution is 2.26. The van der Waals surface area contributed by atoms with Gasteiger partial charge in [0.15, 0.2) is 0 Å². The number of sulfonamides is 1. The van der Waals surface area contributed by atoms with Crippen LogP contribution in [0.5, 0.6) is 0 Å². The van der Waals surface area contributed by atoms with Crippen LogP contribution in [0.3, 0.4) is 0 Å². The monoisotopic (exact) mass is 389 g/mol. The summed E-state index contributed by atoms with van der Waals surface area (Å²) in [5.74, 6) is -1.12. The number of aromatic carboxylic acids is 1. The third-order valence-corrected chi connectivity index (χ3v) is 6.30. The van der Waals surface area contributed by atoms with E-state index in [1.807, 2.05) is 18.2 Å². The molecule has 0 saturated carbocycles. The topological polar surface area (TPSA) is 83.5 Å². The van der Waals surface area contributed by atoms with Gasteiger partial charge in [-0.3, -0.25) is 0 Å². The van der Waals surface area contributed by atoms with Crippen molar-refractivity contribution in [2.45, 2.75) is 17.7 Å². The van der Waals surface area contributed by atoms with Gasteiger partial charge in [0.05, 0.1) is 0 Å². The molecule has 2 aromatic rings. The Bertz CT molecular complexity index is 783. The molecule has 2 rings (SSSR count). The minimum absolute atomic E-state index is 0.00685. The van der Waals surface area contributed by atoms with Crippen molar-refractivity contribution in [3.05, 3.63) is 50.8 Å². The predicted molar refractivity (Wildman–Crippen MR) is 84.2 cm³/mol. The molecule has 0 aliphatic heterocycles. The number of nitrogens with one attached hydrogen (secondary N) is 1. The summed E-state index contributed by atoms with van der Waals surface area (Å²) < 4.78 is 27.7. The molecule has 1 aromatic carbocycles. The van der Waals surface area contributed by atoms with E-state index in [1.165, 1.54) is 6.07 Å². The Labute approximate surface area is 134 Å². The Morgan fingerprint density at radius 3 is 2.67 bits per heavy atom. The first-order valence-corrected chi connectivity index (χ1v) is 8.97. The molecule has 0 radical (unpaired) electrons. The fourth-order valence-electron chi connectivity index (χ4n) is 1.69. The first-order chi connectivity index (χ1) is 9.79. The summed E-state index contributed by atoms with van der Waals surface area (Å²) in [5.41, 5.74) is 1.25. The molecule has 0 amide bonds. The highest BCUT2D eigenvalue weighted by molar-refractivity contribution is 9.10. The van der Waals surface area contributed by atoms with E-state index in [1.54, 1.807) is 13.0 Å². The summed E-state index contributed by atoms with van der Waals surface area (Å²) in [5, 5.41) is 8.97. The summed E-state index contributed by atoms with van der Waals surface area (Å²) in [6, 6.07) is 8.64. The molecule has 0 fully saturated rings. The number of carbonyl (C=O) groups is 1. The molecule has 0 unspecified atom stereocenters. The zero-order valence-electron chi connectivity index (χ0n) is 11.0. The van der Waals surface area contributed by atoms with E-state index >= 15 is 0 Å². The first-order valence-electron chi connectivity index (χ1n) is 5.87. The Kier molecular flexibility index (Phi) is 4.82. The van der Waals surface area contributed by atoms with Crippen LogP contribution in [0.1, 0.15) is 20.8 Å². The van der Waals surface area contributed by atoms with Crippen molar-refractivity contribution < 1.29 is 18.3 Å². The fourth-order valence-corrected chi connectivity index (χ4v) is 4.58. The number of rotatable bonds is 5. The molecule has 21 heavy (non-hydrogen) atoms. The molecule has 1 aromatic heterocycles. The number of hydrogen-bond donors (Lipinski definition) is 2. The van der Waals surface area contributed by atoms with E-state index in [0.29, 0.717) is 5.56 Å². The highest BCUT2D eigenvalue weighted by atomic mass is 79.9. The highest BCUT2D eigenvalue weighted by Gasteiger charge is 2.21. The second-order valence-corrected chi connectivity index (χ2v) is 8.30. The van der Waals surface area contributed by atoms with E-state index in [4.69, 9.17) is 5.11 Å². The molecular formula is C13H12BrNO4S2. The predicted octanol–water partition coefficient (Wildman–Crippen LogP) is 3.00. The van der Waals surface area contributed by atoms with Crippen LogP contribution in [0, 0.1) is 6.92 Å². The van der Waals surface area contributed by atoms with E-state index in [2.05, 4.69) is 20.7 Å². The molecule has 0 saturated heterocycles. The van der Waals surface area contributed by atoms with Crippen molar-refractivity contribution in [3.63, 3.8) is 0 Å². The Morgan fingerprint density at radius 1 is 1.38 bits per heavy atom. The van der Waals surface area contributed by atoms with E-state index in [0.717, 1.165) is 21.4 Å². The van der Waals surface area contributed by atoms with Crippen LogP contribution in [-0.4, -0.2) is 19.5 Å². The van der Waals surface area contributed by atoms with Crippen molar-refractivity contribution in [1.29, 1.82) is 0 Å². The van der Waals surface area contributed by atoms with Crippen molar-refractivity contribution in [1.82, 2.24) is 4.72 Å². The van der Waals surface area contributed by atoms with Crippen LogP contribution in [0.2, 0.25) is 0 Å². The second-order valence-electron chi connectivity index (χ2n) is 4.34.